The van der Waals surface area contributed by atoms with Gasteiger partial charge in [-0.25, -0.2) is 9.59 Å². The number of carbonyl (C=O) groups is 3. The van der Waals surface area contributed by atoms with E-state index < -0.39 is 61.1 Å². The molecule has 51 heavy (non-hydrogen) atoms. The Kier molecular flexibility index (Phi) is 14.4. The third-order valence-electron chi connectivity index (χ3n) is 9.35. The summed E-state index contributed by atoms with van der Waals surface area (Å²) in [7, 11) is 4.73. The van der Waals surface area contributed by atoms with Gasteiger partial charge >= 0.3 is 11.9 Å². The van der Waals surface area contributed by atoms with Crippen molar-refractivity contribution < 1.29 is 47.9 Å². The highest BCUT2D eigenvalue weighted by atomic mass is 16.6. The summed E-state index contributed by atoms with van der Waals surface area (Å²) in [5.41, 5.74) is 1.02. The molecule has 0 aliphatic carbocycles. The van der Waals surface area contributed by atoms with Gasteiger partial charge in [0.2, 0.25) is 5.91 Å². The van der Waals surface area contributed by atoms with Crippen LogP contribution < -0.4 is 14.8 Å². The highest BCUT2D eigenvalue weighted by Crippen LogP contribution is 2.49. The van der Waals surface area contributed by atoms with Crippen LogP contribution in [-0.4, -0.2) is 106 Å². The van der Waals surface area contributed by atoms with Gasteiger partial charge in [-0.1, -0.05) is 75.4 Å². The maximum atomic E-state index is 12.9. The minimum absolute atomic E-state index is 0.208. The molecular formula is C39H50N2O10. The van der Waals surface area contributed by atoms with E-state index in [9.17, 15) is 14.4 Å². The van der Waals surface area contributed by atoms with Crippen LogP contribution in [0.4, 0.5) is 0 Å². The topological polar surface area (TPSA) is 142 Å². The van der Waals surface area contributed by atoms with E-state index in [1.807, 2.05) is 78.9 Å². The molecule has 2 fully saturated rings. The number of carboxylic acid groups (broad SMARTS) is 1. The molecule has 5 unspecified atom stereocenters. The number of methoxy groups -OCH3 is 2. The SMILES string of the molecule is CCN(CC)CC.CNC(=O)C1CC2OC1C(OC(c1ccccc1)(c1ccc(OC)cc1)c1ccc(OC)cc1)C2OC(=O)COCC(=O)O. The number of fused-ring (bicyclic) bond motifs is 2. The Balaban J connectivity index is 0.000000755. The zero-order chi connectivity index (χ0) is 37.0. The summed E-state index contributed by atoms with van der Waals surface area (Å²) in [6, 6.07) is 24.6. The Bertz CT molecular complexity index is 1490. The molecule has 1 amide bonds. The van der Waals surface area contributed by atoms with Crippen molar-refractivity contribution in [2.24, 2.45) is 5.92 Å². The molecule has 0 radical (unpaired) electrons. The lowest BCUT2D eigenvalue weighted by Gasteiger charge is -2.42. The summed E-state index contributed by atoms with van der Waals surface area (Å²) in [6.45, 7) is 8.92. The second kappa shape index (κ2) is 18.7. The number of aliphatic carboxylic acids is 1. The summed E-state index contributed by atoms with van der Waals surface area (Å²) >= 11 is 0. The summed E-state index contributed by atoms with van der Waals surface area (Å²) in [6.07, 6.45) is -2.85. The van der Waals surface area contributed by atoms with Crippen LogP contribution in [0.15, 0.2) is 78.9 Å². The van der Waals surface area contributed by atoms with Gasteiger partial charge in [0.1, 0.15) is 36.4 Å². The number of carbonyl (C=O) groups excluding carboxylic acids is 2. The van der Waals surface area contributed by atoms with Crippen molar-refractivity contribution >= 4 is 17.8 Å². The van der Waals surface area contributed by atoms with Gasteiger partial charge in [-0.3, -0.25) is 4.79 Å². The van der Waals surface area contributed by atoms with Crippen LogP contribution in [0.5, 0.6) is 11.5 Å². The fraction of sp³-hybridized carbons (Fsp3) is 0.462. The summed E-state index contributed by atoms with van der Waals surface area (Å²) in [5, 5.41) is 11.6. The van der Waals surface area contributed by atoms with Crippen molar-refractivity contribution in [1.29, 1.82) is 0 Å². The molecule has 3 aromatic rings. The van der Waals surface area contributed by atoms with E-state index in [1.54, 1.807) is 21.3 Å². The van der Waals surface area contributed by atoms with Crippen molar-refractivity contribution in [3.8, 4) is 11.5 Å². The standard InChI is InChI=1S/C33H35NO10.C6H15N/c1-34-32(38)25-17-26-30(43-28(37)19-41-18-27(35)36)31(29(25)42-26)44-33(20-7-5-4-6-8-20,21-9-13-23(39-2)14-10-21)22-11-15-24(40-3)16-12-22;1-4-7(5-2)6-3/h4-16,25-26,29-31H,17-19H2,1-3H3,(H,34,38)(H,35,36);4-6H2,1-3H3. The van der Waals surface area contributed by atoms with Crippen molar-refractivity contribution in [2.45, 2.75) is 57.2 Å². The molecule has 12 nitrogen and oxygen atoms in total. The van der Waals surface area contributed by atoms with Gasteiger partial charge in [-0.2, -0.15) is 0 Å². The molecule has 12 heteroatoms. The lowest BCUT2D eigenvalue weighted by atomic mass is 9.78. The molecule has 2 N–H and O–H groups in total. The number of hydrogen-bond acceptors (Lipinski definition) is 10. The maximum Gasteiger partial charge on any atom is 0.332 e. The molecule has 3 aromatic carbocycles. The first kappa shape index (κ1) is 39.3. The molecule has 2 aliphatic heterocycles. The van der Waals surface area contributed by atoms with E-state index in [0.717, 1.165) is 16.7 Å². The van der Waals surface area contributed by atoms with Crippen molar-refractivity contribution in [1.82, 2.24) is 10.2 Å². The predicted molar refractivity (Wildman–Crippen MR) is 190 cm³/mol. The van der Waals surface area contributed by atoms with Crippen LogP contribution in [-0.2, 0) is 38.9 Å². The Hall–Kier alpha value is -4.49. The van der Waals surface area contributed by atoms with Crippen LogP contribution in [0.2, 0.25) is 0 Å². The largest absolute Gasteiger partial charge is 0.497 e. The van der Waals surface area contributed by atoms with E-state index in [2.05, 4.69) is 31.0 Å². The van der Waals surface area contributed by atoms with Gasteiger partial charge in [0, 0.05) is 7.05 Å². The van der Waals surface area contributed by atoms with Gasteiger partial charge in [0.25, 0.3) is 0 Å². The number of esters is 1. The van der Waals surface area contributed by atoms with Crippen LogP contribution >= 0.6 is 0 Å². The third kappa shape index (κ3) is 9.25. The number of hydrogen-bond donors (Lipinski definition) is 2. The van der Waals surface area contributed by atoms with Crippen LogP contribution in [0.1, 0.15) is 43.9 Å². The van der Waals surface area contributed by atoms with E-state index in [1.165, 1.54) is 19.6 Å². The highest BCUT2D eigenvalue weighted by molar-refractivity contribution is 5.80. The smallest absolute Gasteiger partial charge is 0.332 e. The predicted octanol–water partition coefficient (Wildman–Crippen LogP) is 4.28. The monoisotopic (exact) mass is 706 g/mol. The molecule has 2 bridgehead atoms. The van der Waals surface area contributed by atoms with E-state index in [-0.39, 0.29) is 5.91 Å². The van der Waals surface area contributed by atoms with Crippen molar-refractivity contribution in [3.05, 3.63) is 95.6 Å². The molecule has 0 aromatic heterocycles. The zero-order valence-corrected chi connectivity index (χ0v) is 30.2. The number of nitrogens with zero attached hydrogens (tertiary/aromatic N) is 1. The normalized spacial score (nSPS) is 20.6. The Morgan fingerprint density at radius 2 is 1.33 bits per heavy atom. The Labute approximate surface area is 299 Å². The molecule has 5 atom stereocenters. The summed E-state index contributed by atoms with van der Waals surface area (Å²) in [4.78, 5) is 39.0. The molecule has 2 heterocycles. The first-order valence-corrected chi connectivity index (χ1v) is 17.3. The number of amides is 1. The number of carboxylic acids is 1. The third-order valence-corrected chi connectivity index (χ3v) is 9.35. The minimum Gasteiger partial charge on any atom is -0.497 e. The summed E-state index contributed by atoms with van der Waals surface area (Å²) < 4.78 is 35.2. The lowest BCUT2D eigenvalue weighted by Crippen LogP contribution is -2.53. The maximum absolute atomic E-state index is 12.9. The minimum atomic E-state index is -1.27. The number of rotatable bonds is 16. The molecule has 276 valence electrons. The van der Waals surface area contributed by atoms with Gasteiger partial charge in [0.05, 0.1) is 32.3 Å². The number of nitrogens with one attached hydrogen (secondary N) is 1. The molecule has 0 spiro atoms. The van der Waals surface area contributed by atoms with Gasteiger partial charge in [-0.15, -0.1) is 0 Å². The summed E-state index contributed by atoms with van der Waals surface area (Å²) in [5.74, 6) is -1.42. The highest BCUT2D eigenvalue weighted by Gasteiger charge is 2.61. The molecular weight excluding hydrogens is 656 g/mol. The molecule has 5 rings (SSSR count). The van der Waals surface area contributed by atoms with E-state index in [0.29, 0.717) is 17.9 Å². The van der Waals surface area contributed by atoms with Gasteiger partial charge in [-0.05, 0) is 67.0 Å². The Morgan fingerprint density at radius 1 is 0.804 bits per heavy atom. The zero-order valence-electron chi connectivity index (χ0n) is 30.2. The van der Waals surface area contributed by atoms with Crippen molar-refractivity contribution in [2.75, 3.05) is 54.1 Å². The molecule has 0 saturated carbocycles. The van der Waals surface area contributed by atoms with Crippen molar-refractivity contribution in [3.63, 3.8) is 0 Å². The lowest BCUT2D eigenvalue weighted by molar-refractivity contribution is -0.173. The second-order valence-corrected chi connectivity index (χ2v) is 12.1. The molecule has 2 saturated heterocycles. The second-order valence-electron chi connectivity index (χ2n) is 12.1. The van der Waals surface area contributed by atoms with Crippen LogP contribution in [0, 0.1) is 5.92 Å². The first-order valence-electron chi connectivity index (χ1n) is 17.3. The van der Waals surface area contributed by atoms with Crippen LogP contribution in [0.25, 0.3) is 0 Å². The van der Waals surface area contributed by atoms with Crippen LogP contribution in [0.3, 0.4) is 0 Å². The van der Waals surface area contributed by atoms with Gasteiger partial charge < -0.3 is 43.7 Å². The fourth-order valence-electron chi connectivity index (χ4n) is 6.68. The average Bonchev–Trinajstić information content (AvgIpc) is 3.74. The average molecular weight is 707 g/mol. The van der Waals surface area contributed by atoms with E-state index >= 15 is 0 Å². The quantitative estimate of drug-likeness (QED) is 0.163. The Morgan fingerprint density at radius 3 is 1.78 bits per heavy atom. The number of ether oxygens (including phenoxy) is 6. The van der Waals surface area contributed by atoms with Gasteiger partial charge in [0.15, 0.2) is 6.10 Å². The molecule has 2 aliphatic rings. The van der Waals surface area contributed by atoms with E-state index in [4.69, 9.17) is 33.5 Å². The number of benzene rings is 3. The fourth-order valence-corrected chi connectivity index (χ4v) is 6.68. The first-order chi connectivity index (χ1) is 24.6.